The second-order valence-electron chi connectivity index (χ2n) is 8.06. The van der Waals surface area contributed by atoms with Gasteiger partial charge in [-0.05, 0) is 30.5 Å². The van der Waals surface area contributed by atoms with E-state index in [4.69, 9.17) is 20.3 Å². The minimum absolute atomic E-state index is 0.268. The van der Waals surface area contributed by atoms with Gasteiger partial charge in [-0.3, -0.25) is 9.59 Å². The third kappa shape index (κ3) is 5.67. The average molecular weight is 460 g/mol. The molecule has 9 nitrogen and oxygen atoms in total. The molecule has 9 heteroatoms. The van der Waals surface area contributed by atoms with Gasteiger partial charge in [0, 0.05) is 48.6 Å². The topological polar surface area (TPSA) is 143 Å². The number of benzene rings is 2. The van der Waals surface area contributed by atoms with Crippen LogP contribution in [0.5, 0.6) is 0 Å². The Hall–Kier alpha value is -4.00. The first kappa shape index (κ1) is 23.2. The fraction of sp³-hybridized carbons (Fsp3) is 0.280. The largest absolute Gasteiger partial charge is 0.381 e. The zero-order valence-electron chi connectivity index (χ0n) is 18.5. The van der Waals surface area contributed by atoms with Gasteiger partial charge in [-0.2, -0.15) is 5.26 Å². The molecule has 2 aromatic carbocycles. The third-order valence-electron chi connectivity index (χ3n) is 5.67. The summed E-state index contributed by atoms with van der Waals surface area (Å²) in [7, 11) is 0. The smallest absolute Gasteiger partial charge is 0.254 e. The van der Waals surface area contributed by atoms with Gasteiger partial charge in [0.2, 0.25) is 0 Å². The van der Waals surface area contributed by atoms with E-state index >= 15 is 0 Å². The Balaban J connectivity index is 1.42. The number of carbonyl (C=O) groups excluding carboxylic acids is 2. The summed E-state index contributed by atoms with van der Waals surface area (Å²) in [5.74, 6) is -0.897. The van der Waals surface area contributed by atoms with E-state index in [1.54, 1.807) is 36.4 Å². The first-order valence-electron chi connectivity index (χ1n) is 11.0. The van der Waals surface area contributed by atoms with Crippen LogP contribution in [0, 0.1) is 11.3 Å². The Labute approximate surface area is 196 Å². The molecule has 1 saturated heterocycles. The van der Waals surface area contributed by atoms with Gasteiger partial charge < -0.3 is 25.6 Å². The normalized spacial score (nSPS) is 14.8. The number of amides is 2. The van der Waals surface area contributed by atoms with Crippen molar-refractivity contribution in [3.05, 3.63) is 65.7 Å². The molecule has 1 unspecified atom stereocenters. The molecule has 0 spiro atoms. The summed E-state index contributed by atoms with van der Waals surface area (Å²) in [6.45, 7) is 2.42. The number of hydrogen-bond acceptors (Lipinski definition) is 7. The average Bonchev–Trinajstić information content (AvgIpc) is 3.37. The van der Waals surface area contributed by atoms with Gasteiger partial charge in [0.05, 0.1) is 6.07 Å². The Kier molecular flexibility index (Phi) is 7.32. The molecule has 2 amide bonds. The van der Waals surface area contributed by atoms with Crippen LogP contribution in [0.4, 0.5) is 0 Å². The van der Waals surface area contributed by atoms with Gasteiger partial charge in [0.25, 0.3) is 11.8 Å². The summed E-state index contributed by atoms with van der Waals surface area (Å²) >= 11 is 0. The lowest BCUT2D eigenvalue weighted by Crippen LogP contribution is -2.43. The minimum Gasteiger partial charge on any atom is -0.381 e. The molecule has 4 rings (SSSR count). The highest BCUT2D eigenvalue weighted by Crippen LogP contribution is 2.27. The summed E-state index contributed by atoms with van der Waals surface area (Å²) in [6.07, 6.45) is 2.07. The predicted octanol–water partition coefficient (Wildman–Crippen LogP) is 2.38. The highest BCUT2D eigenvalue weighted by atomic mass is 16.5. The van der Waals surface area contributed by atoms with E-state index in [1.807, 2.05) is 12.1 Å². The van der Waals surface area contributed by atoms with E-state index in [0.29, 0.717) is 23.1 Å². The maximum absolute atomic E-state index is 12.4. The molecule has 0 saturated carbocycles. The van der Waals surface area contributed by atoms with Crippen molar-refractivity contribution in [1.29, 1.82) is 5.26 Å². The summed E-state index contributed by atoms with van der Waals surface area (Å²) in [5, 5.41) is 18.9. The number of carbonyl (C=O) groups is 2. The molecular formula is C25H25N5O4. The lowest BCUT2D eigenvalue weighted by molar-refractivity contribution is -0.118. The molecule has 4 N–H and O–H groups in total. The summed E-state index contributed by atoms with van der Waals surface area (Å²) in [5.41, 5.74) is 8.66. The van der Waals surface area contributed by atoms with Gasteiger partial charge in [-0.15, -0.1) is 0 Å². The first-order chi connectivity index (χ1) is 16.5. The van der Waals surface area contributed by atoms with Gasteiger partial charge >= 0.3 is 0 Å². The van der Waals surface area contributed by atoms with Gasteiger partial charge in [0.15, 0.2) is 11.8 Å². The number of aromatic nitrogens is 1. The monoisotopic (exact) mass is 459 g/mol. The molecule has 0 bridgehead atoms. The Bertz CT molecular complexity index is 1190. The van der Waals surface area contributed by atoms with Crippen LogP contribution < -0.4 is 16.4 Å². The fourth-order valence-corrected chi connectivity index (χ4v) is 3.70. The highest BCUT2D eigenvalue weighted by Gasteiger charge is 2.19. The first-order valence-corrected chi connectivity index (χ1v) is 11.0. The van der Waals surface area contributed by atoms with Gasteiger partial charge in [-0.1, -0.05) is 41.6 Å². The van der Waals surface area contributed by atoms with E-state index in [0.717, 1.165) is 38.2 Å². The number of rotatable bonds is 8. The van der Waals surface area contributed by atoms with E-state index in [-0.39, 0.29) is 5.56 Å². The molecule has 1 fully saturated rings. The quantitative estimate of drug-likeness (QED) is 0.469. The van der Waals surface area contributed by atoms with E-state index in [2.05, 4.69) is 27.9 Å². The molecule has 3 aromatic rings. The Morgan fingerprint density at radius 1 is 1.12 bits per heavy atom. The zero-order valence-corrected chi connectivity index (χ0v) is 18.5. The number of nitrogens with one attached hydrogen (secondary N) is 2. The Morgan fingerprint density at radius 2 is 1.88 bits per heavy atom. The van der Waals surface area contributed by atoms with Crippen LogP contribution in [0.3, 0.4) is 0 Å². The van der Waals surface area contributed by atoms with Crippen LogP contribution in [0.25, 0.3) is 22.6 Å². The number of hydrogen-bond donors (Lipinski definition) is 3. The lowest BCUT2D eigenvalue weighted by atomic mass is 10.0. The summed E-state index contributed by atoms with van der Waals surface area (Å²) in [6, 6.07) is 17.3. The number of nitrogens with two attached hydrogens (primary N) is 1. The van der Waals surface area contributed by atoms with Crippen molar-refractivity contribution in [2.45, 2.75) is 31.5 Å². The number of primary amides is 1. The molecule has 0 radical (unpaired) electrons. The second-order valence-corrected chi connectivity index (χ2v) is 8.06. The SMILES string of the molecule is N#CC(NC(=O)c1cccc(-c2cc(-c3ccc(CNC4CCOCC4)cc3)on2)c1)C(N)=O. The molecule has 1 atom stereocenters. The van der Waals surface area contributed by atoms with Crippen LogP contribution in [0.1, 0.15) is 28.8 Å². The standard InChI is InChI=1S/C25H25N5O4/c26-14-22(24(27)31)29-25(32)19-3-1-2-18(12-19)21-13-23(34-30-21)17-6-4-16(5-7-17)15-28-20-8-10-33-11-9-20/h1-7,12-13,20,22,28H,8-11,15H2,(H2,27,31)(H,29,32). The van der Waals surface area contributed by atoms with Crippen molar-refractivity contribution in [2.24, 2.45) is 5.73 Å². The van der Waals surface area contributed by atoms with Crippen molar-refractivity contribution in [2.75, 3.05) is 13.2 Å². The molecule has 174 valence electrons. The fourth-order valence-electron chi connectivity index (χ4n) is 3.70. The molecule has 1 aromatic heterocycles. The summed E-state index contributed by atoms with van der Waals surface area (Å²) < 4.78 is 10.9. The highest BCUT2D eigenvalue weighted by molar-refractivity contribution is 5.99. The Morgan fingerprint density at radius 3 is 2.59 bits per heavy atom. The van der Waals surface area contributed by atoms with Gasteiger partial charge in [0.1, 0.15) is 5.69 Å². The number of nitriles is 1. The lowest BCUT2D eigenvalue weighted by Gasteiger charge is -2.23. The molecule has 0 aliphatic carbocycles. The maximum Gasteiger partial charge on any atom is 0.254 e. The zero-order chi connectivity index (χ0) is 23.9. The van der Waals surface area contributed by atoms with Crippen molar-refractivity contribution in [1.82, 2.24) is 15.8 Å². The van der Waals surface area contributed by atoms with Crippen molar-refractivity contribution < 1.29 is 18.8 Å². The minimum atomic E-state index is -1.40. The predicted molar refractivity (Wildman–Crippen MR) is 124 cm³/mol. The number of nitrogens with zero attached hydrogens (tertiary/aromatic N) is 2. The maximum atomic E-state index is 12.4. The summed E-state index contributed by atoms with van der Waals surface area (Å²) in [4.78, 5) is 23.6. The van der Waals surface area contributed by atoms with E-state index in [9.17, 15) is 9.59 Å². The van der Waals surface area contributed by atoms with Crippen LogP contribution in [0.15, 0.2) is 59.1 Å². The van der Waals surface area contributed by atoms with Crippen molar-refractivity contribution >= 4 is 11.8 Å². The molecule has 34 heavy (non-hydrogen) atoms. The molecule has 1 aliphatic heterocycles. The molecule has 1 aliphatic rings. The molecule has 2 heterocycles. The second kappa shape index (κ2) is 10.7. The van der Waals surface area contributed by atoms with Crippen LogP contribution in [-0.2, 0) is 16.1 Å². The van der Waals surface area contributed by atoms with E-state index < -0.39 is 17.9 Å². The number of ether oxygens (including phenoxy) is 1. The van der Waals surface area contributed by atoms with Gasteiger partial charge in [-0.25, -0.2) is 0 Å². The van der Waals surface area contributed by atoms with Crippen molar-refractivity contribution in [3.8, 4) is 28.7 Å². The molecular weight excluding hydrogens is 434 g/mol. The van der Waals surface area contributed by atoms with Crippen molar-refractivity contribution in [3.63, 3.8) is 0 Å². The van der Waals surface area contributed by atoms with Crippen LogP contribution >= 0.6 is 0 Å². The van der Waals surface area contributed by atoms with Crippen LogP contribution in [0.2, 0.25) is 0 Å². The van der Waals surface area contributed by atoms with E-state index in [1.165, 1.54) is 5.56 Å². The van der Waals surface area contributed by atoms with Crippen LogP contribution in [-0.4, -0.2) is 42.3 Å². The third-order valence-corrected chi connectivity index (χ3v) is 5.67.